The molecule has 0 amide bonds. The summed E-state index contributed by atoms with van der Waals surface area (Å²) in [5, 5.41) is 31.9. The highest BCUT2D eigenvalue weighted by molar-refractivity contribution is 5.25. The van der Waals surface area contributed by atoms with E-state index in [-0.39, 0.29) is 11.7 Å². The molecule has 2 aromatic heterocycles. The number of morpholine rings is 1. The van der Waals surface area contributed by atoms with Crippen molar-refractivity contribution in [2.24, 2.45) is 0 Å². The lowest BCUT2D eigenvalue weighted by atomic mass is 9.88. The summed E-state index contributed by atoms with van der Waals surface area (Å²) in [5.41, 5.74) is 3.10. The maximum atomic E-state index is 10.7. The number of aliphatic hydroxyl groups excluding tert-OH is 2. The summed E-state index contributed by atoms with van der Waals surface area (Å²) in [6.45, 7) is 6.94. The van der Waals surface area contributed by atoms with Crippen LogP contribution in [0.2, 0.25) is 0 Å². The Kier molecular flexibility index (Phi) is 5.93. The first-order chi connectivity index (χ1) is 15.5. The molecule has 2 saturated heterocycles. The Morgan fingerprint density at radius 3 is 2.75 bits per heavy atom. The van der Waals surface area contributed by atoms with E-state index in [1.165, 1.54) is 16.7 Å². The van der Waals surface area contributed by atoms with Gasteiger partial charge in [-0.05, 0) is 54.7 Å². The predicted octanol–water partition coefficient (Wildman–Crippen LogP) is 0.686. The zero-order valence-corrected chi connectivity index (χ0v) is 18.5. The number of hydrogen-bond acceptors (Lipinski definition) is 9. The van der Waals surface area contributed by atoms with Gasteiger partial charge in [0.25, 0.3) is 0 Å². The fourth-order valence-corrected chi connectivity index (χ4v) is 5.15. The Balaban J connectivity index is 1.16. The molecule has 2 aromatic rings. The molecule has 2 fully saturated rings. The molecule has 32 heavy (non-hydrogen) atoms. The quantitative estimate of drug-likeness (QED) is 0.692. The maximum absolute atomic E-state index is 10.7. The van der Waals surface area contributed by atoms with E-state index in [0.717, 1.165) is 69.6 Å². The fourth-order valence-electron chi connectivity index (χ4n) is 5.15. The number of rotatable bonds is 5. The van der Waals surface area contributed by atoms with Gasteiger partial charge >= 0.3 is 0 Å². The van der Waals surface area contributed by atoms with Crippen LogP contribution < -0.4 is 0 Å². The number of tetrazole rings is 1. The smallest absolute Gasteiger partial charge is 0.156 e. The molecule has 2 aliphatic heterocycles. The highest BCUT2D eigenvalue weighted by atomic mass is 16.5. The molecule has 0 saturated carbocycles. The number of aromatic nitrogens is 5. The highest BCUT2D eigenvalue weighted by Gasteiger charge is 2.41. The van der Waals surface area contributed by atoms with Crippen LogP contribution in [0.15, 0.2) is 35.9 Å². The number of pyridine rings is 1. The lowest BCUT2D eigenvalue weighted by Crippen LogP contribution is -2.56. The van der Waals surface area contributed by atoms with Crippen LogP contribution in [0.25, 0.3) is 5.82 Å². The zero-order chi connectivity index (χ0) is 22.1. The van der Waals surface area contributed by atoms with Gasteiger partial charge in [-0.1, -0.05) is 6.07 Å². The summed E-state index contributed by atoms with van der Waals surface area (Å²) in [4.78, 5) is 9.10. The second kappa shape index (κ2) is 8.86. The van der Waals surface area contributed by atoms with Gasteiger partial charge in [0, 0.05) is 50.2 Å². The van der Waals surface area contributed by atoms with Crippen molar-refractivity contribution in [2.75, 3.05) is 39.3 Å². The van der Waals surface area contributed by atoms with Gasteiger partial charge in [0.1, 0.15) is 6.33 Å². The van der Waals surface area contributed by atoms with E-state index in [4.69, 9.17) is 4.74 Å². The van der Waals surface area contributed by atoms with Crippen molar-refractivity contribution in [1.82, 2.24) is 35.0 Å². The summed E-state index contributed by atoms with van der Waals surface area (Å²) in [6.07, 6.45) is 5.97. The van der Waals surface area contributed by atoms with Gasteiger partial charge in [0.2, 0.25) is 0 Å². The number of ether oxygens (including phenoxy) is 1. The van der Waals surface area contributed by atoms with Gasteiger partial charge in [-0.25, -0.2) is 4.98 Å². The van der Waals surface area contributed by atoms with Crippen molar-refractivity contribution in [1.29, 1.82) is 0 Å². The largest absolute Gasteiger partial charge is 0.389 e. The van der Waals surface area contributed by atoms with Gasteiger partial charge in [0.15, 0.2) is 5.82 Å². The van der Waals surface area contributed by atoms with Crippen molar-refractivity contribution in [3.05, 3.63) is 41.5 Å². The van der Waals surface area contributed by atoms with Crippen LogP contribution in [0.4, 0.5) is 0 Å². The van der Waals surface area contributed by atoms with E-state index in [2.05, 4.69) is 37.2 Å². The summed E-state index contributed by atoms with van der Waals surface area (Å²) >= 11 is 0. The predicted molar refractivity (Wildman–Crippen MR) is 116 cm³/mol. The third-order valence-electron chi connectivity index (χ3n) is 7.18. The fraction of sp³-hybridized carbons (Fsp3) is 0.636. The number of nitrogens with zero attached hydrogens (tertiary/aromatic N) is 7. The average molecular weight is 442 g/mol. The molecule has 2 N–H and O–H groups in total. The molecule has 10 nitrogen and oxygen atoms in total. The van der Waals surface area contributed by atoms with Crippen molar-refractivity contribution in [2.45, 2.75) is 50.4 Å². The Hall–Kier alpha value is -2.40. The Bertz CT molecular complexity index is 939. The number of likely N-dealkylation sites (tertiary alicyclic amines) is 1. The third-order valence-corrected chi connectivity index (χ3v) is 7.18. The van der Waals surface area contributed by atoms with Crippen LogP contribution in [-0.4, -0.2) is 96.2 Å². The summed E-state index contributed by atoms with van der Waals surface area (Å²) in [7, 11) is 0. The minimum absolute atomic E-state index is 0.129. The minimum atomic E-state index is -0.601. The average Bonchev–Trinajstić information content (AvgIpc) is 3.46. The van der Waals surface area contributed by atoms with E-state index >= 15 is 0 Å². The van der Waals surface area contributed by atoms with E-state index in [1.807, 2.05) is 6.07 Å². The molecule has 2 atom stereocenters. The van der Waals surface area contributed by atoms with Crippen LogP contribution in [0.5, 0.6) is 0 Å². The van der Waals surface area contributed by atoms with Gasteiger partial charge in [-0.2, -0.15) is 4.68 Å². The first-order valence-electron chi connectivity index (χ1n) is 11.4. The topological polar surface area (TPSA) is 113 Å². The second-order valence-corrected chi connectivity index (χ2v) is 9.16. The standard InChI is InChI=1S/C22H31N7O3/c1-16-18(3-4-19(16)30)28-10-11-32-22(14-28)6-8-27(9-7-22)13-20(31)17-2-5-21(23-12-17)29-15-24-25-26-29/h2,5,12,15,19-20,30-31H,3-4,6-11,13-14H2,1H3/t19?,20-/m0/s1. The summed E-state index contributed by atoms with van der Waals surface area (Å²) in [6, 6.07) is 3.68. The zero-order valence-electron chi connectivity index (χ0n) is 18.5. The van der Waals surface area contributed by atoms with Gasteiger partial charge in [-0.3, -0.25) is 0 Å². The van der Waals surface area contributed by atoms with Crippen LogP contribution in [0.3, 0.4) is 0 Å². The normalized spacial score (nSPS) is 25.0. The lowest BCUT2D eigenvalue weighted by molar-refractivity contribution is -0.131. The Morgan fingerprint density at radius 1 is 1.25 bits per heavy atom. The van der Waals surface area contributed by atoms with Gasteiger partial charge in [-0.15, -0.1) is 5.10 Å². The molecule has 1 spiro atoms. The minimum Gasteiger partial charge on any atom is -0.389 e. The van der Waals surface area contributed by atoms with Gasteiger partial charge < -0.3 is 24.7 Å². The molecule has 1 unspecified atom stereocenters. The maximum Gasteiger partial charge on any atom is 0.156 e. The summed E-state index contributed by atoms with van der Waals surface area (Å²) < 4.78 is 7.78. The first-order valence-corrected chi connectivity index (χ1v) is 11.4. The van der Waals surface area contributed by atoms with E-state index in [1.54, 1.807) is 12.3 Å². The number of piperidine rings is 1. The first kappa shape index (κ1) is 21.4. The molecular weight excluding hydrogens is 410 g/mol. The molecule has 0 aromatic carbocycles. The SMILES string of the molecule is CC1=C(N2CCOC3(CCN(C[C@H](O)c4ccc(-n5cnnn5)nc4)CC3)C2)CCC1O. The van der Waals surface area contributed by atoms with Crippen LogP contribution in [0.1, 0.15) is 44.3 Å². The van der Waals surface area contributed by atoms with Crippen LogP contribution in [-0.2, 0) is 4.74 Å². The number of allylic oxidation sites excluding steroid dienone is 1. The van der Waals surface area contributed by atoms with Crippen molar-refractivity contribution in [3.63, 3.8) is 0 Å². The second-order valence-electron chi connectivity index (χ2n) is 9.16. The molecule has 172 valence electrons. The van der Waals surface area contributed by atoms with E-state index in [0.29, 0.717) is 12.4 Å². The number of β-amino-alcohol motifs (C(OH)–C–C–N with tert-alkyl or cyclic N) is 1. The molecule has 0 radical (unpaired) electrons. The van der Waals surface area contributed by atoms with Crippen molar-refractivity contribution >= 4 is 0 Å². The van der Waals surface area contributed by atoms with E-state index in [9.17, 15) is 10.2 Å². The molecule has 1 aliphatic carbocycles. The van der Waals surface area contributed by atoms with Gasteiger partial charge in [0.05, 0.1) is 24.4 Å². The lowest BCUT2D eigenvalue weighted by Gasteiger charge is -2.48. The monoisotopic (exact) mass is 441 g/mol. The molecule has 3 aliphatic rings. The van der Waals surface area contributed by atoms with Crippen molar-refractivity contribution in [3.8, 4) is 5.82 Å². The number of hydrogen-bond donors (Lipinski definition) is 2. The van der Waals surface area contributed by atoms with Crippen LogP contribution in [0, 0.1) is 0 Å². The molecule has 4 heterocycles. The Morgan fingerprint density at radius 2 is 2.09 bits per heavy atom. The van der Waals surface area contributed by atoms with Crippen molar-refractivity contribution < 1.29 is 14.9 Å². The molecule has 0 bridgehead atoms. The molecular formula is C22H31N7O3. The Labute approximate surface area is 187 Å². The third kappa shape index (κ3) is 4.27. The molecule has 5 rings (SSSR count). The molecule has 10 heteroatoms. The highest BCUT2D eigenvalue weighted by Crippen LogP contribution is 2.36. The summed E-state index contributed by atoms with van der Waals surface area (Å²) in [5.74, 6) is 0.616. The van der Waals surface area contributed by atoms with E-state index < -0.39 is 6.10 Å². The van der Waals surface area contributed by atoms with Crippen LogP contribution >= 0.6 is 0 Å². The number of aliphatic hydroxyl groups is 2.